The summed E-state index contributed by atoms with van der Waals surface area (Å²) >= 11 is 0. The molecule has 164 valence electrons. The van der Waals surface area contributed by atoms with E-state index in [9.17, 15) is 14.4 Å². The van der Waals surface area contributed by atoms with Crippen molar-refractivity contribution in [3.63, 3.8) is 0 Å². The van der Waals surface area contributed by atoms with Gasteiger partial charge in [-0.1, -0.05) is 36.4 Å². The van der Waals surface area contributed by atoms with Gasteiger partial charge in [0.1, 0.15) is 11.2 Å². The number of benzene rings is 2. The first-order chi connectivity index (χ1) is 15.5. The maximum atomic E-state index is 14.1. The first-order valence-electron chi connectivity index (χ1n) is 10.9. The van der Waals surface area contributed by atoms with Crippen LogP contribution in [0, 0.1) is 5.92 Å². The van der Waals surface area contributed by atoms with Crippen molar-refractivity contribution in [2.45, 2.75) is 18.8 Å². The number of aromatic nitrogens is 1. The Balaban J connectivity index is 1.76. The number of aromatic amines is 1. The standard InChI is InChI=1S/C25H25N3O4/c1-3-32-24(31)28-13-12-22(29)19(15-28)25(18-14-26-20-10-6-4-8-16(18)20)17-9-5-7-11-21(17)27(2)23(25)30/h4-11,14,19,26H,3,12-13,15H2,1-2H3/t19-,25+/m1/s1. The number of amides is 2. The molecule has 1 saturated heterocycles. The number of H-pyrrole nitrogens is 1. The van der Waals surface area contributed by atoms with Crippen molar-refractivity contribution in [1.29, 1.82) is 0 Å². The summed E-state index contributed by atoms with van der Waals surface area (Å²) in [4.78, 5) is 46.6. The fraction of sp³-hybridized carbons (Fsp3) is 0.320. The molecule has 2 aromatic carbocycles. The summed E-state index contributed by atoms with van der Waals surface area (Å²) in [6.45, 7) is 2.44. The van der Waals surface area contributed by atoms with Crippen LogP contribution in [0.4, 0.5) is 10.5 Å². The lowest BCUT2D eigenvalue weighted by atomic mass is 9.63. The third-order valence-corrected chi connectivity index (χ3v) is 6.81. The first-order valence-corrected chi connectivity index (χ1v) is 10.9. The number of piperidine rings is 1. The maximum Gasteiger partial charge on any atom is 0.409 e. The van der Waals surface area contributed by atoms with Gasteiger partial charge in [-0.25, -0.2) is 4.79 Å². The number of nitrogens with one attached hydrogen (secondary N) is 1. The molecule has 7 nitrogen and oxygen atoms in total. The van der Waals surface area contributed by atoms with Gasteiger partial charge in [0.2, 0.25) is 5.91 Å². The lowest BCUT2D eigenvalue weighted by Gasteiger charge is -2.41. The van der Waals surface area contributed by atoms with Gasteiger partial charge in [0.25, 0.3) is 0 Å². The van der Waals surface area contributed by atoms with Gasteiger partial charge in [-0.2, -0.15) is 0 Å². The molecule has 0 aliphatic carbocycles. The molecular formula is C25H25N3O4. The number of carbonyl (C=O) groups is 3. The van der Waals surface area contributed by atoms with Gasteiger partial charge in [-0.3, -0.25) is 9.59 Å². The second kappa shape index (κ2) is 7.51. The molecule has 1 fully saturated rings. The van der Waals surface area contributed by atoms with Gasteiger partial charge in [0.05, 0.1) is 12.5 Å². The average molecular weight is 431 g/mol. The number of ether oxygens (including phenoxy) is 1. The molecule has 3 heterocycles. The largest absolute Gasteiger partial charge is 0.450 e. The molecule has 0 saturated carbocycles. The summed E-state index contributed by atoms with van der Waals surface area (Å²) < 4.78 is 5.21. The molecule has 2 aliphatic heterocycles. The molecular weight excluding hydrogens is 406 g/mol. The third-order valence-electron chi connectivity index (χ3n) is 6.81. The number of likely N-dealkylation sites (N-methyl/N-ethyl adjacent to an activating group) is 1. The van der Waals surface area contributed by atoms with E-state index in [0.717, 1.165) is 27.7 Å². The van der Waals surface area contributed by atoms with Crippen molar-refractivity contribution in [3.05, 3.63) is 65.9 Å². The van der Waals surface area contributed by atoms with E-state index in [1.807, 2.05) is 54.7 Å². The van der Waals surface area contributed by atoms with Crippen molar-refractivity contribution in [2.75, 3.05) is 31.6 Å². The summed E-state index contributed by atoms with van der Waals surface area (Å²) in [6.07, 6.45) is 1.58. The number of fused-ring (bicyclic) bond motifs is 2. The first kappa shape index (κ1) is 20.3. The minimum Gasteiger partial charge on any atom is -0.450 e. The van der Waals surface area contributed by atoms with Crippen LogP contribution in [-0.2, 0) is 19.7 Å². The minimum atomic E-state index is -1.23. The highest BCUT2D eigenvalue weighted by molar-refractivity contribution is 6.15. The molecule has 0 bridgehead atoms. The maximum absolute atomic E-state index is 14.1. The number of para-hydroxylation sites is 2. The Morgan fingerprint density at radius 3 is 2.69 bits per heavy atom. The van der Waals surface area contributed by atoms with Crippen molar-refractivity contribution >= 4 is 34.4 Å². The van der Waals surface area contributed by atoms with Crippen LogP contribution in [0.15, 0.2) is 54.7 Å². The number of anilines is 1. The normalized spacial score (nSPS) is 23.0. The summed E-state index contributed by atoms with van der Waals surface area (Å²) in [5, 5.41) is 0.895. The van der Waals surface area contributed by atoms with Crippen molar-refractivity contribution in [3.8, 4) is 0 Å². The second-order valence-electron chi connectivity index (χ2n) is 8.35. The minimum absolute atomic E-state index is 0.0192. The fourth-order valence-electron chi connectivity index (χ4n) is 5.36. The molecule has 7 heteroatoms. The Bertz CT molecular complexity index is 1230. The van der Waals surface area contributed by atoms with Crippen molar-refractivity contribution < 1.29 is 19.1 Å². The molecule has 2 aliphatic rings. The molecule has 1 aromatic heterocycles. The Kier molecular flexibility index (Phi) is 4.77. The zero-order valence-electron chi connectivity index (χ0n) is 18.1. The SMILES string of the molecule is CCOC(=O)N1CCC(=O)[C@H]([C@]2(c3c[nH]c4ccccc34)C(=O)N(C)c3ccccc32)C1. The highest BCUT2D eigenvalue weighted by Crippen LogP contribution is 2.53. The number of rotatable bonds is 3. The number of ketones is 1. The summed E-state index contributed by atoms with van der Waals surface area (Å²) in [6, 6.07) is 15.4. The van der Waals surface area contributed by atoms with Crippen LogP contribution in [0.25, 0.3) is 10.9 Å². The van der Waals surface area contributed by atoms with Gasteiger partial charge in [-0.05, 0) is 30.2 Å². The van der Waals surface area contributed by atoms with E-state index < -0.39 is 17.4 Å². The van der Waals surface area contributed by atoms with Crippen LogP contribution >= 0.6 is 0 Å². The zero-order chi connectivity index (χ0) is 22.5. The summed E-state index contributed by atoms with van der Waals surface area (Å²) in [5.41, 5.74) is 2.00. The van der Waals surface area contributed by atoms with Crippen LogP contribution in [0.3, 0.4) is 0 Å². The molecule has 1 N–H and O–H groups in total. The molecule has 0 radical (unpaired) electrons. The summed E-state index contributed by atoms with van der Waals surface area (Å²) in [7, 11) is 1.74. The van der Waals surface area contributed by atoms with Gasteiger partial charge in [-0.15, -0.1) is 0 Å². The van der Waals surface area contributed by atoms with Crippen LogP contribution in [0.1, 0.15) is 24.5 Å². The van der Waals surface area contributed by atoms with Gasteiger partial charge in [0.15, 0.2) is 0 Å². The van der Waals surface area contributed by atoms with E-state index in [2.05, 4.69) is 4.98 Å². The highest BCUT2D eigenvalue weighted by Gasteiger charge is 2.60. The lowest BCUT2D eigenvalue weighted by molar-refractivity contribution is -0.134. The molecule has 2 atom stereocenters. The Labute approximate surface area is 185 Å². The van der Waals surface area contributed by atoms with E-state index in [1.165, 1.54) is 0 Å². The van der Waals surface area contributed by atoms with Crippen molar-refractivity contribution in [1.82, 2.24) is 9.88 Å². The molecule has 3 aromatic rings. The fourth-order valence-corrected chi connectivity index (χ4v) is 5.36. The predicted molar refractivity (Wildman–Crippen MR) is 121 cm³/mol. The van der Waals surface area contributed by atoms with Crippen LogP contribution < -0.4 is 4.90 Å². The van der Waals surface area contributed by atoms with E-state index in [-0.39, 0.29) is 31.3 Å². The molecule has 0 spiro atoms. The number of hydrogen-bond donors (Lipinski definition) is 1. The monoisotopic (exact) mass is 431 g/mol. The van der Waals surface area contributed by atoms with Crippen LogP contribution in [-0.4, -0.2) is 54.4 Å². The number of likely N-dealkylation sites (tertiary alicyclic amines) is 1. The Hall–Kier alpha value is -3.61. The predicted octanol–water partition coefficient (Wildman–Crippen LogP) is 3.48. The van der Waals surface area contributed by atoms with Gasteiger partial charge in [0, 0.05) is 49.3 Å². The zero-order valence-corrected chi connectivity index (χ0v) is 18.1. The number of hydrogen-bond acceptors (Lipinski definition) is 4. The van der Waals surface area contributed by atoms with Crippen LogP contribution in [0.5, 0.6) is 0 Å². The molecule has 5 rings (SSSR count). The second-order valence-corrected chi connectivity index (χ2v) is 8.35. The third kappa shape index (κ3) is 2.70. The number of nitrogens with zero attached hydrogens (tertiary/aromatic N) is 2. The number of Topliss-reactive ketones (excluding diaryl/α,β-unsaturated/α-hetero) is 1. The Morgan fingerprint density at radius 1 is 1.12 bits per heavy atom. The van der Waals surface area contributed by atoms with Gasteiger partial charge >= 0.3 is 6.09 Å². The van der Waals surface area contributed by atoms with Crippen molar-refractivity contribution in [2.24, 2.45) is 5.92 Å². The number of carbonyl (C=O) groups excluding carboxylic acids is 3. The summed E-state index contributed by atoms with van der Waals surface area (Å²) in [5.74, 6) is -0.903. The molecule has 2 amide bonds. The van der Waals surface area contributed by atoms with Gasteiger partial charge < -0.3 is 19.5 Å². The van der Waals surface area contributed by atoms with Crippen LogP contribution in [0.2, 0.25) is 0 Å². The molecule has 32 heavy (non-hydrogen) atoms. The van der Waals surface area contributed by atoms with E-state index in [0.29, 0.717) is 6.54 Å². The quantitative estimate of drug-likeness (QED) is 0.688. The molecule has 0 unspecified atom stereocenters. The topological polar surface area (TPSA) is 82.7 Å². The van der Waals surface area contributed by atoms with E-state index >= 15 is 0 Å². The lowest BCUT2D eigenvalue weighted by Crippen LogP contribution is -2.56. The highest BCUT2D eigenvalue weighted by atomic mass is 16.6. The average Bonchev–Trinajstić information content (AvgIpc) is 3.33. The van der Waals surface area contributed by atoms with E-state index in [1.54, 1.807) is 23.8 Å². The smallest absolute Gasteiger partial charge is 0.409 e. The van der Waals surface area contributed by atoms with E-state index in [4.69, 9.17) is 4.74 Å². The Morgan fingerprint density at radius 2 is 1.88 bits per heavy atom.